The number of piperidine rings is 2. The minimum Gasteiger partial charge on any atom is -0.329 e. The van der Waals surface area contributed by atoms with Gasteiger partial charge < -0.3 is 10.2 Å². The van der Waals surface area contributed by atoms with Gasteiger partial charge in [-0.1, -0.05) is 49.0 Å². The first kappa shape index (κ1) is 24.4. The number of fused-ring (bicyclic) bond motifs is 1. The number of carbonyl (C=O) groups is 3. The highest BCUT2D eigenvalue weighted by Crippen LogP contribution is 2.29. The van der Waals surface area contributed by atoms with Crippen LogP contribution in [0.15, 0.2) is 60.8 Å². The van der Waals surface area contributed by atoms with Gasteiger partial charge in [0.05, 0.1) is 0 Å². The molecule has 2 amide bonds. The molecule has 0 aliphatic carbocycles. The molecule has 2 aromatic carbocycles. The molecule has 1 atom stereocenters. The summed E-state index contributed by atoms with van der Waals surface area (Å²) in [6, 6.07) is 16.0. The fraction of sp³-hybridized carbons (Fsp3) is 0.433. The van der Waals surface area contributed by atoms with Crippen molar-refractivity contribution in [3.63, 3.8) is 0 Å². The van der Waals surface area contributed by atoms with Gasteiger partial charge in [0.1, 0.15) is 11.8 Å². The second kappa shape index (κ2) is 10.8. The number of benzene rings is 2. The first-order valence-electron chi connectivity index (χ1n) is 13.2. The Bertz CT molecular complexity index is 1150. The standard InChI is InChI=1S/C30H35N3O3/c1-21-7-12-28(29(35)31-21)33-20-25-17-22(9-11-27(25)30(33)36)8-10-26(34)18-23-13-15-32(16-14-23)19-24-5-3-2-4-6-24/h2-6,9,11,17,23,28H,1,7-8,10,12-16,18-20H2,(H,31,35). The zero-order valence-electron chi connectivity index (χ0n) is 20.9. The number of Topliss-reactive ketones (excluding diaryl/α,β-unsaturated/α-hetero) is 1. The number of allylic oxidation sites excluding steroid dienone is 1. The van der Waals surface area contributed by atoms with Crippen molar-refractivity contribution in [3.05, 3.63) is 83.1 Å². The van der Waals surface area contributed by atoms with Crippen LogP contribution in [-0.4, -0.2) is 46.5 Å². The van der Waals surface area contributed by atoms with Gasteiger partial charge in [-0.2, -0.15) is 0 Å². The van der Waals surface area contributed by atoms with E-state index in [1.165, 1.54) is 5.56 Å². The number of nitrogens with one attached hydrogen (secondary N) is 1. The lowest BCUT2D eigenvalue weighted by molar-refractivity contribution is -0.126. The molecule has 0 saturated carbocycles. The average molecular weight is 486 g/mol. The monoisotopic (exact) mass is 485 g/mol. The molecule has 6 nitrogen and oxygen atoms in total. The van der Waals surface area contributed by atoms with Crippen LogP contribution in [0, 0.1) is 5.92 Å². The Morgan fingerprint density at radius 1 is 1.00 bits per heavy atom. The van der Waals surface area contributed by atoms with Crippen LogP contribution < -0.4 is 5.32 Å². The highest BCUT2D eigenvalue weighted by atomic mass is 16.2. The van der Waals surface area contributed by atoms with Crippen molar-refractivity contribution in [1.29, 1.82) is 0 Å². The largest absolute Gasteiger partial charge is 0.329 e. The third-order valence-corrected chi connectivity index (χ3v) is 7.87. The molecule has 0 bridgehead atoms. The molecule has 3 aliphatic heterocycles. The number of hydrogen-bond donors (Lipinski definition) is 1. The zero-order chi connectivity index (χ0) is 25.1. The maximum atomic E-state index is 12.9. The van der Waals surface area contributed by atoms with Crippen molar-refractivity contribution >= 4 is 17.6 Å². The Labute approximate surface area is 213 Å². The van der Waals surface area contributed by atoms with Crippen LogP contribution >= 0.6 is 0 Å². The molecule has 3 heterocycles. The summed E-state index contributed by atoms with van der Waals surface area (Å²) in [5.41, 5.74) is 4.76. The highest BCUT2D eigenvalue weighted by molar-refractivity contribution is 6.01. The number of aryl methyl sites for hydroxylation is 1. The Morgan fingerprint density at radius 2 is 1.78 bits per heavy atom. The van der Waals surface area contributed by atoms with Crippen LogP contribution in [0.4, 0.5) is 0 Å². The van der Waals surface area contributed by atoms with Crippen LogP contribution in [0.25, 0.3) is 0 Å². The molecule has 0 radical (unpaired) electrons. The molecule has 0 spiro atoms. The van der Waals surface area contributed by atoms with E-state index in [2.05, 4.69) is 41.1 Å². The first-order valence-corrected chi connectivity index (χ1v) is 13.2. The van der Waals surface area contributed by atoms with Crippen molar-refractivity contribution in [2.24, 2.45) is 5.92 Å². The number of ketones is 1. The normalized spacial score (nSPS) is 20.9. The Morgan fingerprint density at radius 3 is 2.53 bits per heavy atom. The Balaban J connectivity index is 1.08. The third-order valence-electron chi connectivity index (χ3n) is 7.87. The Hall–Kier alpha value is -3.25. The summed E-state index contributed by atoms with van der Waals surface area (Å²) in [5, 5.41) is 2.78. The van der Waals surface area contributed by atoms with Gasteiger partial charge >= 0.3 is 0 Å². The van der Waals surface area contributed by atoms with E-state index in [1.807, 2.05) is 24.3 Å². The summed E-state index contributed by atoms with van der Waals surface area (Å²) in [6.07, 6.45) is 5.35. The first-order chi connectivity index (χ1) is 17.5. The predicted octanol–water partition coefficient (Wildman–Crippen LogP) is 4.24. The van der Waals surface area contributed by atoms with Gasteiger partial charge in [-0.15, -0.1) is 0 Å². The molecular weight excluding hydrogens is 450 g/mol. The minimum atomic E-state index is -0.445. The summed E-state index contributed by atoms with van der Waals surface area (Å²) in [6.45, 7) is 7.36. The van der Waals surface area contributed by atoms with Crippen molar-refractivity contribution < 1.29 is 14.4 Å². The summed E-state index contributed by atoms with van der Waals surface area (Å²) >= 11 is 0. The van der Waals surface area contributed by atoms with Gasteiger partial charge in [-0.05, 0) is 73.9 Å². The molecule has 5 rings (SSSR count). The van der Waals surface area contributed by atoms with Gasteiger partial charge in [0.2, 0.25) is 5.91 Å². The quantitative estimate of drug-likeness (QED) is 0.607. The molecule has 36 heavy (non-hydrogen) atoms. The molecule has 2 saturated heterocycles. The number of carbonyl (C=O) groups excluding carboxylic acids is 3. The van der Waals surface area contributed by atoms with E-state index in [9.17, 15) is 14.4 Å². The van der Waals surface area contributed by atoms with Crippen LogP contribution in [0.2, 0.25) is 0 Å². The molecule has 3 aliphatic rings. The van der Waals surface area contributed by atoms with Crippen molar-refractivity contribution in [3.8, 4) is 0 Å². The van der Waals surface area contributed by atoms with Crippen molar-refractivity contribution in [1.82, 2.24) is 15.1 Å². The molecule has 2 fully saturated rings. The van der Waals surface area contributed by atoms with E-state index in [1.54, 1.807) is 4.90 Å². The molecule has 188 valence electrons. The topological polar surface area (TPSA) is 69.7 Å². The predicted molar refractivity (Wildman–Crippen MR) is 139 cm³/mol. The fourth-order valence-corrected chi connectivity index (χ4v) is 5.76. The van der Waals surface area contributed by atoms with Gasteiger partial charge in [0.25, 0.3) is 5.91 Å². The van der Waals surface area contributed by atoms with Crippen molar-refractivity contribution in [2.45, 2.75) is 64.1 Å². The SMILES string of the molecule is C=C1CCC(N2Cc3cc(CCC(=O)CC4CCN(Cc5ccccc5)CC4)ccc3C2=O)C(=O)N1. The van der Waals surface area contributed by atoms with Gasteiger partial charge in [-0.3, -0.25) is 19.3 Å². The molecule has 6 heteroatoms. The van der Waals surface area contributed by atoms with Crippen LogP contribution in [0.1, 0.15) is 65.6 Å². The third kappa shape index (κ3) is 5.59. The highest BCUT2D eigenvalue weighted by Gasteiger charge is 2.38. The lowest BCUT2D eigenvalue weighted by atomic mass is 9.90. The minimum absolute atomic E-state index is 0.0844. The van der Waals surface area contributed by atoms with Crippen molar-refractivity contribution in [2.75, 3.05) is 13.1 Å². The maximum absolute atomic E-state index is 12.9. The lowest BCUT2D eigenvalue weighted by Gasteiger charge is -2.31. The van der Waals surface area contributed by atoms with Crippen LogP contribution in [0.3, 0.4) is 0 Å². The second-order valence-electron chi connectivity index (χ2n) is 10.5. The summed E-state index contributed by atoms with van der Waals surface area (Å²) < 4.78 is 0. The summed E-state index contributed by atoms with van der Waals surface area (Å²) in [5.74, 6) is 0.574. The number of likely N-dealkylation sites (tertiary alicyclic amines) is 1. The molecule has 1 unspecified atom stereocenters. The second-order valence-corrected chi connectivity index (χ2v) is 10.5. The molecule has 0 aromatic heterocycles. The summed E-state index contributed by atoms with van der Waals surface area (Å²) in [7, 11) is 0. The van der Waals surface area contributed by atoms with E-state index < -0.39 is 6.04 Å². The molecule has 1 N–H and O–H groups in total. The van der Waals surface area contributed by atoms with E-state index in [-0.39, 0.29) is 11.8 Å². The summed E-state index contributed by atoms with van der Waals surface area (Å²) in [4.78, 5) is 42.2. The smallest absolute Gasteiger partial charge is 0.255 e. The van der Waals surface area contributed by atoms with E-state index in [0.717, 1.165) is 43.6 Å². The number of nitrogens with zero attached hydrogens (tertiary/aromatic N) is 2. The molecular formula is C30H35N3O3. The van der Waals surface area contributed by atoms with Gasteiger partial charge in [-0.25, -0.2) is 0 Å². The van der Waals surface area contributed by atoms with Crippen LogP contribution in [-0.2, 0) is 29.1 Å². The molecule has 2 aromatic rings. The fourth-order valence-electron chi connectivity index (χ4n) is 5.76. The number of amides is 2. The maximum Gasteiger partial charge on any atom is 0.255 e. The van der Waals surface area contributed by atoms with E-state index >= 15 is 0 Å². The van der Waals surface area contributed by atoms with Gasteiger partial charge in [0.15, 0.2) is 0 Å². The Kier molecular flexibility index (Phi) is 7.33. The van der Waals surface area contributed by atoms with E-state index in [0.29, 0.717) is 61.6 Å². The van der Waals surface area contributed by atoms with Crippen LogP contribution in [0.5, 0.6) is 0 Å². The van der Waals surface area contributed by atoms with E-state index in [4.69, 9.17) is 0 Å². The average Bonchev–Trinajstić information content (AvgIpc) is 3.20. The zero-order valence-corrected chi connectivity index (χ0v) is 20.9. The number of rotatable bonds is 8. The lowest BCUT2D eigenvalue weighted by Crippen LogP contribution is -2.49. The number of hydrogen-bond acceptors (Lipinski definition) is 4. The van der Waals surface area contributed by atoms with Gasteiger partial charge in [0, 0.05) is 37.2 Å².